The van der Waals surface area contributed by atoms with Gasteiger partial charge in [-0.2, -0.15) is 0 Å². The standard InChI is InChI=1S/C14H20ClNO/c1-3-12-9-11(6-7-17-12)16-14-5-4-10(2)8-13(14)15/h4-5,8,11-12,16H,3,6-7,9H2,1-2H3. The van der Waals surface area contributed by atoms with E-state index in [9.17, 15) is 0 Å². The average Bonchev–Trinajstić information content (AvgIpc) is 2.33. The summed E-state index contributed by atoms with van der Waals surface area (Å²) < 4.78 is 5.67. The summed E-state index contributed by atoms with van der Waals surface area (Å²) in [5.41, 5.74) is 2.23. The molecule has 94 valence electrons. The lowest BCUT2D eigenvalue weighted by Gasteiger charge is -2.30. The fourth-order valence-corrected chi connectivity index (χ4v) is 2.54. The summed E-state index contributed by atoms with van der Waals surface area (Å²) in [5, 5.41) is 4.34. The minimum atomic E-state index is 0.394. The normalized spacial score (nSPS) is 24.6. The van der Waals surface area contributed by atoms with Gasteiger partial charge in [-0.1, -0.05) is 24.6 Å². The van der Waals surface area contributed by atoms with E-state index < -0.39 is 0 Å². The minimum Gasteiger partial charge on any atom is -0.381 e. The lowest BCUT2D eigenvalue weighted by Crippen LogP contribution is -2.33. The van der Waals surface area contributed by atoms with Crippen LogP contribution in [0.25, 0.3) is 0 Å². The van der Waals surface area contributed by atoms with Crippen molar-refractivity contribution >= 4 is 17.3 Å². The van der Waals surface area contributed by atoms with E-state index >= 15 is 0 Å². The molecule has 0 radical (unpaired) electrons. The Morgan fingerprint density at radius 2 is 2.29 bits per heavy atom. The third kappa shape index (κ3) is 3.36. The summed E-state index contributed by atoms with van der Waals surface area (Å²) in [5.74, 6) is 0. The van der Waals surface area contributed by atoms with E-state index in [2.05, 4.69) is 31.3 Å². The highest BCUT2D eigenvalue weighted by Crippen LogP contribution is 2.26. The van der Waals surface area contributed by atoms with Crippen molar-refractivity contribution in [1.82, 2.24) is 0 Å². The van der Waals surface area contributed by atoms with Gasteiger partial charge in [0, 0.05) is 12.6 Å². The molecule has 1 aliphatic heterocycles. The smallest absolute Gasteiger partial charge is 0.0640 e. The fourth-order valence-electron chi connectivity index (χ4n) is 2.25. The van der Waals surface area contributed by atoms with Crippen LogP contribution < -0.4 is 5.32 Å². The number of ether oxygens (including phenoxy) is 1. The van der Waals surface area contributed by atoms with Crippen molar-refractivity contribution in [3.63, 3.8) is 0 Å². The Morgan fingerprint density at radius 1 is 1.47 bits per heavy atom. The van der Waals surface area contributed by atoms with Crippen LogP contribution in [0, 0.1) is 6.92 Å². The number of aryl methyl sites for hydroxylation is 1. The number of halogens is 1. The molecule has 1 aromatic carbocycles. The van der Waals surface area contributed by atoms with Crippen molar-refractivity contribution in [3.05, 3.63) is 28.8 Å². The Bertz CT molecular complexity index is 380. The van der Waals surface area contributed by atoms with Crippen molar-refractivity contribution in [2.75, 3.05) is 11.9 Å². The van der Waals surface area contributed by atoms with Gasteiger partial charge in [0.1, 0.15) is 0 Å². The molecular weight excluding hydrogens is 234 g/mol. The Kier molecular flexibility index (Phi) is 4.30. The fraction of sp³-hybridized carbons (Fsp3) is 0.571. The van der Waals surface area contributed by atoms with Crippen LogP contribution in [0.3, 0.4) is 0 Å². The zero-order valence-electron chi connectivity index (χ0n) is 10.5. The second kappa shape index (κ2) is 5.74. The van der Waals surface area contributed by atoms with E-state index in [1.807, 2.05) is 6.07 Å². The highest BCUT2D eigenvalue weighted by molar-refractivity contribution is 6.33. The summed E-state index contributed by atoms with van der Waals surface area (Å²) in [6, 6.07) is 6.63. The number of hydrogen-bond donors (Lipinski definition) is 1. The molecule has 1 fully saturated rings. The molecule has 0 bridgehead atoms. The Balaban J connectivity index is 2.00. The van der Waals surface area contributed by atoms with Crippen LogP contribution in [0.15, 0.2) is 18.2 Å². The molecule has 0 aliphatic carbocycles. The monoisotopic (exact) mass is 253 g/mol. The molecule has 0 aromatic heterocycles. The van der Waals surface area contributed by atoms with Crippen LogP contribution >= 0.6 is 11.6 Å². The minimum absolute atomic E-state index is 0.394. The summed E-state index contributed by atoms with van der Waals surface area (Å²) in [7, 11) is 0. The van der Waals surface area contributed by atoms with Crippen LogP contribution in [-0.2, 0) is 4.74 Å². The number of anilines is 1. The van der Waals surface area contributed by atoms with Crippen molar-refractivity contribution in [3.8, 4) is 0 Å². The molecule has 1 N–H and O–H groups in total. The van der Waals surface area contributed by atoms with Gasteiger partial charge < -0.3 is 10.1 Å². The topological polar surface area (TPSA) is 21.3 Å². The van der Waals surface area contributed by atoms with Crippen LogP contribution in [-0.4, -0.2) is 18.8 Å². The zero-order valence-corrected chi connectivity index (χ0v) is 11.3. The summed E-state index contributed by atoms with van der Waals surface area (Å²) in [6.45, 7) is 5.07. The first kappa shape index (κ1) is 12.7. The van der Waals surface area contributed by atoms with Crippen LogP contribution in [0.5, 0.6) is 0 Å². The Hall–Kier alpha value is -0.730. The largest absolute Gasteiger partial charge is 0.381 e. The molecule has 1 aromatic rings. The number of hydrogen-bond acceptors (Lipinski definition) is 2. The third-order valence-electron chi connectivity index (χ3n) is 3.31. The van der Waals surface area contributed by atoms with Crippen molar-refractivity contribution in [2.45, 2.75) is 45.3 Å². The second-order valence-corrected chi connectivity index (χ2v) is 5.16. The second-order valence-electron chi connectivity index (χ2n) is 4.75. The first-order valence-electron chi connectivity index (χ1n) is 6.33. The molecule has 3 heteroatoms. The van der Waals surface area contributed by atoms with Crippen molar-refractivity contribution < 1.29 is 4.74 Å². The van der Waals surface area contributed by atoms with E-state index in [1.54, 1.807) is 0 Å². The van der Waals surface area contributed by atoms with Gasteiger partial charge in [0.2, 0.25) is 0 Å². The van der Waals surface area contributed by atoms with Crippen molar-refractivity contribution in [2.24, 2.45) is 0 Å². The zero-order chi connectivity index (χ0) is 12.3. The van der Waals surface area contributed by atoms with E-state index in [0.29, 0.717) is 12.1 Å². The van der Waals surface area contributed by atoms with E-state index in [1.165, 1.54) is 5.56 Å². The van der Waals surface area contributed by atoms with Gasteiger partial charge in [0.25, 0.3) is 0 Å². The molecule has 1 aliphatic rings. The molecule has 17 heavy (non-hydrogen) atoms. The number of rotatable bonds is 3. The first-order chi connectivity index (χ1) is 8.19. The molecular formula is C14H20ClNO. The molecule has 1 saturated heterocycles. The highest BCUT2D eigenvalue weighted by atomic mass is 35.5. The molecule has 0 amide bonds. The maximum atomic E-state index is 6.23. The SMILES string of the molecule is CCC1CC(Nc2ccc(C)cc2Cl)CCO1. The average molecular weight is 254 g/mol. The molecule has 2 nitrogen and oxygen atoms in total. The van der Waals surface area contributed by atoms with Gasteiger partial charge in [-0.3, -0.25) is 0 Å². The quantitative estimate of drug-likeness (QED) is 0.879. The lowest BCUT2D eigenvalue weighted by atomic mass is 10.0. The van der Waals surface area contributed by atoms with Gasteiger partial charge in [-0.05, 0) is 43.9 Å². The molecule has 2 unspecified atom stereocenters. The van der Waals surface area contributed by atoms with Gasteiger partial charge in [0.15, 0.2) is 0 Å². The van der Waals surface area contributed by atoms with Crippen LogP contribution in [0.2, 0.25) is 5.02 Å². The van der Waals surface area contributed by atoms with Gasteiger partial charge in [-0.25, -0.2) is 0 Å². The molecule has 2 atom stereocenters. The Labute approximate surface area is 108 Å². The van der Waals surface area contributed by atoms with E-state index in [0.717, 1.165) is 36.6 Å². The predicted molar refractivity (Wildman–Crippen MR) is 72.9 cm³/mol. The summed E-state index contributed by atoms with van der Waals surface area (Å²) in [4.78, 5) is 0. The lowest BCUT2D eigenvalue weighted by molar-refractivity contribution is 0.00926. The molecule has 2 rings (SSSR count). The van der Waals surface area contributed by atoms with E-state index in [4.69, 9.17) is 16.3 Å². The Morgan fingerprint density at radius 3 is 3.00 bits per heavy atom. The number of benzene rings is 1. The maximum absolute atomic E-state index is 6.23. The molecule has 0 saturated carbocycles. The van der Waals surface area contributed by atoms with Crippen molar-refractivity contribution in [1.29, 1.82) is 0 Å². The van der Waals surface area contributed by atoms with E-state index in [-0.39, 0.29) is 0 Å². The van der Waals surface area contributed by atoms with Gasteiger partial charge in [-0.15, -0.1) is 0 Å². The summed E-state index contributed by atoms with van der Waals surface area (Å²) >= 11 is 6.23. The first-order valence-corrected chi connectivity index (χ1v) is 6.71. The molecule has 0 spiro atoms. The predicted octanol–water partition coefficient (Wildman–Crippen LogP) is 4.02. The van der Waals surface area contributed by atoms with Crippen LogP contribution in [0.1, 0.15) is 31.7 Å². The number of nitrogens with one attached hydrogen (secondary N) is 1. The third-order valence-corrected chi connectivity index (χ3v) is 3.62. The van der Waals surface area contributed by atoms with Gasteiger partial charge >= 0.3 is 0 Å². The highest BCUT2D eigenvalue weighted by Gasteiger charge is 2.21. The summed E-state index contributed by atoms with van der Waals surface area (Å²) in [6.07, 6.45) is 3.60. The van der Waals surface area contributed by atoms with Crippen LogP contribution in [0.4, 0.5) is 5.69 Å². The molecule has 1 heterocycles. The maximum Gasteiger partial charge on any atom is 0.0640 e. The van der Waals surface area contributed by atoms with Gasteiger partial charge in [0.05, 0.1) is 16.8 Å².